The monoisotopic (exact) mass is 430 g/mol. The van der Waals surface area contributed by atoms with E-state index in [4.69, 9.17) is 15.0 Å². The van der Waals surface area contributed by atoms with Gasteiger partial charge in [-0.2, -0.15) is 9.29 Å². The fourth-order valence-electron chi connectivity index (χ4n) is 3.49. The van der Waals surface area contributed by atoms with Crippen LogP contribution < -0.4 is 10.5 Å². The number of nitrogens with zero attached hydrogens (tertiary/aromatic N) is 3. The van der Waals surface area contributed by atoms with E-state index in [9.17, 15) is 8.42 Å². The minimum atomic E-state index is -3.70. The molecule has 0 spiro atoms. The van der Waals surface area contributed by atoms with Gasteiger partial charge in [-0.15, -0.1) is 12.4 Å². The fourth-order valence-corrected chi connectivity index (χ4v) is 5.13. The van der Waals surface area contributed by atoms with Crippen molar-refractivity contribution in [3.8, 4) is 17.2 Å². The van der Waals surface area contributed by atoms with E-state index in [-0.39, 0.29) is 28.9 Å². The maximum absolute atomic E-state index is 13.0. The van der Waals surface area contributed by atoms with Gasteiger partial charge in [0.1, 0.15) is 10.6 Å². The second-order valence-electron chi connectivity index (χ2n) is 6.74. The Kier molecular flexibility index (Phi) is 7.08. The average molecular weight is 431 g/mol. The van der Waals surface area contributed by atoms with Gasteiger partial charge in [0.05, 0.1) is 12.6 Å². The predicted octanol–water partition coefficient (Wildman–Crippen LogP) is 2.93. The third kappa shape index (κ3) is 4.03. The van der Waals surface area contributed by atoms with E-state index in [0.717, 1.165) is 25.7 Å². The Balaban J connectivity index is 0.00000280. The zero-order valence-corrected chi connectivity index (χ0v) is 18.0. The van der Waals surface area contributed by atoms with E-state index >= 15 is 0 Å². The fraction of sp³-hybridized carbons (Fsp3) is 0.556. The Morgan fingerprint density at radius 2 is 1.89 bits per heavy atom. The largest absolute Gasteiger partial charge is 0.495 e. The average Bonchev–Trinajstić information content (AvgIpc) is 3.32. The highest BCUT2D eigenvalue weighted by Gasteiger charge is 2.36. The first-order chi connectivity index (χ1) is 12.9. The normalized spacial score (nSPS) is 16.2. The van der Waals surface area contributed by atoms with Gasteiger partial charge in [0.15, 0.2) is 5.82 Å². The molecule has 28 heavy (non-hydrogen) atoms. The second-order valence-corrected chi connectivity index (χ2v) is 8.65. The van der Waals surface area contributed by atoms with Crippen molar-refractivity contribution in [2.45, 2.75) is 50.0 Å². The van der Waals surface area contributed by atoms with E-state index < -0.39 is 15.6 Å². The summed E-state index contributed by atoms with van der Waals surface area (Å²) in [5.41, 5.74) is 6.34. The summed E-state index contributed by atoms with van der Waals surface area (Å²) in [7, 11) is -2.26. The zero-order chi connectivity index (χ0) is 19.7. The number of benzene rings is 1. The lowest BCUT2D eigenvalue weighted by atomic mass is 9.99. The molecule has 0 atom stereocenters. The summed E-state index contributed by atoms with van der Waals surface area (Å²) < 4.78 is 38.0. The molecule has 0 unspecified atom stereocenters. The molecule has 2 N–H and O–H groups in total. The molecule has 1 heterocycles. The summed E-state index contributed by atoms with van der Waals surface area (Å²) in [5.74, 6) is 0.996. The van der Waals surface area contributed by atoms with Crippen molar-refractivity contribution in [1.82, 2.24) is 14.4 Å². The first-order valence-electron chi connectivity index (χ1n) is 9.17. The molecule has 1 aliphatic carbocycles. The van der Waals surface area contributed by atoms with E-state index in [1.165, 1.54) is 17.5 Å². The maximum atomic E-state index is 13.0. The van der Waals surface area contributed by atoms with Crippen LogP contribution in [0.15, 0.2) is 27.6 Å². The minimum Gasteiger partial charge on any atom is -0.495 e. The predicted molar refractivity (Wildman–Crippen MR) is 108 cm³/mol. The van der Waals surface area contributed by atoms with Crippen LogP contribution in [0.1, 0.15) is 45.4 Å². The minimum absolute atomic E-state index is 0. The lowest BCUT2D eigenvalue weighted by molar-refractivity contribution is 0.372. The van der Waals surface area contributed by atoms with Crippen LogP contribution in [-0.2, 0) is 15.6 Å². The van der Waals surface area contributed by atoms with Crippen molar-refractivity contribution >= 4 is 22.4 Å². The van der Waals surface area contributed by atoms with Crippen molar-refractivity contribution in [2.75, 3.05) is 20.2 Å². The molecule has 0 radical (unpaired) electrons. The number of nitrogens with two attached hydrogens (primary N) is 1. The third-order valence-corrected chi connectivity index (χ3v) is 7.17. The van der Waals surface area contributed by atoms with Crippen molar-refractivity contribution in [1.29, 1.82) is 0 Å². The second kappa shape index (κ2) is 8.77. The summed E-state index contributed by atoms with van der Waals surface area (Å²) in [5, 5.41) is 4.05. The Bertz CT molecular complexity index is 906. The first-order valence-corrected chi connectivity index (χ1v) is 10.6. The molecule has 0 saturated heterocycles. The smallest absolute Gasteiger partial charge is 0.258 e. The number of rotatable bonds is 7. The molecule has 2 aromatic rings. The quantitative estimate of drug-likeness (QED) is 0.718. The van der Waals surface area contributed by atoms with Crippen LogP contribution >= 0.6 is 12.4 Å². The van der Waals surface area contributed by atoms with E-state index in [2.05, 4.69) is 10.1 Å². The molecular formula is C18H27ClN4O4S. The lowest BCUT2D eigenvalue weighted by Gasteiger charge is -2.20. The molecule has 3 rings (SSSR count). The van der Waals surface area contributed by atoms with Gasteiger partial charge in [-0.3, -0.25) is 0 Å². The van der Waals surface area contributed by atoms with E-state index in [1.807, 2.05) is 0 Å². The SMILES string of the molecule is CCN(CC)S(=O)(=O)c1cc(-c2nc(C3(N)CCCC3)no2)ccc1OC.Cl. The van der Waals surface area contributed by atoms with Crippen molar-refractivity contribution in [2.24, 2.45) is 5.73 Å². The van der Waals surface area contributed by atoms with Crippen LogP contribution in [0, 0.1) is 0 Å². The highest BCUT2D eigenvalue weighted by molar-refractivity contribution is 7.89. The first kappa shape index (κ1) is 22.6. The van der Waals surface area contributed by atoms with Crippen molar-refractivity contribution in [3.05, 3.63) is 24.0 Å². The van der Waals surface area contributed by atoms with Crippen molar-refractivity contribution in [3.63, 3.8) is 0 Å². The Labute approximate surface area is 171 Å². The molecule has 1 aromatic carbocycles. The van der Waals surface area contributed by atoms with Gasteiger partial charge in [0.25, 0.3) is 5.89 Å². The Morgan fingerprint density at radius 3 is 2.46 bits per heavy atom. The van der Waals surface area contributed by atoms with Gasteiger partial charge in [-0.1, -0.05) is 31.8 Å². The van der Waals surface area contributed by atoms with Gasteiger partial charge < -0.3 is 15.0 Å². The van der Waals surface area contributed by atoms with Crippen LogP contribution in [-0.4, -0.2) is 43.1 Å². The van der Waals surface area contributed by atoms with Gasteiger partial charge >= 0.3 is 0 Å². The zero-order valence-electron chi connectivity index (χ0n) is 16.3. The van der Waals surface area contributed by atoms with E-state index in [1.54, 1.807) is 26.0 Å². The van der Waals surface area contributed by atoms with Crippen LogP contribution in [0.2, 0.25) is 0 Å². The summed E-state index contributed by atoms with van der Waals surface area (Å²) in [4.78, 5) is 4.52. The summed E-state index contributed by atoms with van der Waals surface area (Å²) in [6.07, 6.45) is 3.71. The number of methoxy groups -OCH3 is 1. The highest BCUT2D eigenvalue weighted by Crippen LogP contribution is 2.36. The Morgan fingerprint density at radius 1 is 1.25 bits per heavy atom. The molecule has 0 aliphatic heterocycles. The van der Waals surface area contributed by atoms with Crippen LogP contribution in [0.3, 0.4) is 0 Å². The third-order valence-electron chi connectivity index (χ3n) is 5.10. The molecule has 10 heteroatoms. The Hall–Kier alpha value is -1.68. The molecule has 156 valence electrons. The summed E-state index contributed by atoms with van der Waals surface area (Å²) in [6, 6.07) is 4.82. The molecule has 8 nitrogen and oxygen atoms in total. The van der Waals surface area contributed by atoms with Gasteiger partial charge in [0.2, 0.25) is 10.0 Å². The van der Waals surface area contributed by atoms with Gasteiger partial charge in [0, 0.05) is 18.7 Å². The molecular weight excluding hydrogens is 404 g/mol. The standard InChI is InChI=1S/C18H26N4O4S.ClH/c1-4-22(5-2)27(23,24)15-12-13(8-9-14(15)25-3)16-20-17(21-26-16)18(19)10-6-7-11-18;/h8-9,12H,4-7,10-11,19H2,1-3H3;1H. The van der Waals surface area contributed by atoms with E-state index in [0.29, 0.717) is 24.5 Å². The number of ether oxygens (including phenoxy) is 1. The highest BCUT2D eigenvalue weighted by atomic mass is 35.5. The van der Waals surface area contributed by atoms with Gasteiger partial charge in [-0.25, -0.2) is 8.42 Å². The van der Waals surface area contributed by atoms with Crippen LogP contribution in [0.4, 0.5) is 0 Å². The topological polar surface area (TPSA) is 112 Å². The molecule has 1 aliphatic rings. The lowest BCUT2D eigenvalue weighted by Crippen LogP contribution is -2.34. The van der Waals surface area contributed by atoms with Crippen molar-refractivity contribution < 1.29 is 17.7 Å². The molecule has 1 aromatic heterocycles. The summed E-state index contributed by atoms with van der Waals surface area (Å²) in [6.45, 7) is 4.33. The number of sulfonamides is 1. The number of aromatic nitrogens is 2. The molecule has 1 saturated carbocycles. The number of halogens is 1. The summed E-state index contributed by atoms with van der Waals surface area (Å²) >= 11 is 0. The van der Waals surface area contributed by atoms with Gasteiger partial charge in [-0.05, 0) is 31.0 Å². The maximum Gasteiger partial charge on any atom is 0.258 e. The number of hydrogen-bond donors (Lipinski definition) is 1. The molecule has 0 amide bonds. The molecule has 1 fully saturated rings. The van der Waals surface area contributed by atoms with Crippen LogP contribution in [0.25, 0.3) is 11.5 Å². The van der Waals surface area contributed by atoms with Crippen LogP contribution in [0.5, 0.6) is 5.75 Å². The molecule has 0 bridgehead atoms. The number of hydrogen-bond acceptors (Lipinski definition) is 7.